The Hall–Kier alpha value is -3.02. The molecule has 5 rings (SSSR count). The molecule has 186 valence electrons. The molecular formula is C29H37N3O3. The van der Waals surface area contributed by atoms with Crippen LogP contribution in [-0.2, 0) is 11.3 Å². The maximum Gasteiger partial charge on any atom is 0.231 e. The predicted molar refractivity (Wildman–Crippen MR) is 139 cm³/mol. The van der Waals surface area contributed by atoms with Crippen molar-refractivity contribution in [3.8, 4) is 11.5 Å². The van der Waals surface area contributed by atoms with Crippen molar-refractivity contribution < 1.29 is 14.3 Å². The van der Waals surface area contributed by atoms with E-state index >= 15 is 0 Å². The van der Waals surface area contributed by atoms with E-state index in [0.29, 0.717) is 18.7 Å². The summed E-state index contributed by atoms with van der Waals surface area (Å²) in [7, 11) is 0. The summed E-state index contributed by atoms with van der Waals surface area (Å²) in [6.45, 7) is 4.10. The normalized spacial score (nSPS) is 17.1. The average molecular weight is 476 g/mol. The third kappa shape index (κ3) is 5.31. The number of anilines is 1. The molecule has 1 unspecified atom stereocenters. The molecule has 1 amide bonds. The maximum absolute atomic E-state index is 13.0. The van der Waals surface area contributed by atoms with E-state index in [4.69, 9.17) is 14.5 Å². The number of unbranched alkanes of at least 4 members (excludes halogenated alkanes) is 8. The quantitative estimate of drug-likeness (QED) is 0.270. The van der Waals surface area contributed by atoms with Gasteiger partial charge in [-0.05, 0) is 30.7 Å². The predicted octanol–water partition coefficient (Wildman–Crippen LogP) is 6.82. The molecule has 2 aliphatic heterocycles. The molecule has 6 nitrogen and oxygen atoms in total. The van der Waals surface area contributed by atoms with Gasteiger partial charge in [0.15, 0.2) is 11.5 Å². The van der Waals surface area contributed by atoms with Crippen molar-refractivity contribution in [2.45, 2.75) is 83.6 Å². The standard InChI is InChI=1S/C29H37N3O3/c1-2-3-4-5-6-7-8-9-12-17-31-25-14-11-10-13-24(25)30-29(31)22-18-28(33)32(20-22)23-15-16-26-27(19-23)35-21-34-26/h10-11,13-16,19,22H,2-9,12,17-18,20-21H2,1H3. The molecule has 3 aromatic rings. The Labute approximate surface area is 208 Å². The number of aryl methyl sites for hydroxylation is 1. The van der Waals surface area contributed by atoms with Crippen LogP contribution in [0, 0.1) is 0 Å². The van der Waals surface area contributed by atoms with E-state index in [2.05, 4.69) is 29.7 Å². The van der Waals surface area contributed by atoms with Gasteiger partial charge in [0.05, 0.1) is 11.0 Å². The van der Waals surface area contributed by atoms with Gasteiger partial charge in [0.25, 0.3) is 0 Å². The first kappa shape index (κ1) is 23.7. The summed E-state index contributed by atoms with van der Waals surface area (Å²) in [6, 6.07) is 14.1. The van der Waals surface area contributed by atoms with Gasteiger partial charge < -0.3 is 18.9 Å². The van der Waals surface area contributed by atoms with Crippen molar-refractivity contribution in [2.75, 3.05) is 18.2 Å². The van der Waals surface area contributed by atoms with Gasteiger partial charge in [0.1, 0.15) is 5.82 Å². The minimum atomic E-state index is 0.0823. The Morgan fingerprint density at radius 1 is 0.914 bits per heavy atom. The van der Waals surface area contributed by atoms with Crippen molar-refractivity contribution in [1.82, 2.24) is 9.55 Å². The van der Waals surface area contributed by atoms with Crippen LogP contribution in [0.25, 0.3) is 11.0 Å². The second-order valence-corrected chi connectivity index (χ2v) is 9.88. The number of carbonyl (C=O) groups is 1. The molecule has 35 heavy (non-hydrogen) atoms. The molecule has 1 saturated heterocycles. The van der Waals surface area contributed by atoms with E-state index in [1.54, 1.807) is 0 Å². The fourth-order valence-electron chi connectivity index (χ4n) is 5.40. The first-order valence-electron chi connectivity index (χ1n) is 13.4. The van der Waals surface area contributed by atoms with Gasteiger partial charge >= 0.3 is 0 Å². The van der Waals surface area contributed by atoms with E-state index in [-0.39, 0.29) is 18.6 Å². The molecule has 1 aromatic heterocycles. The molecule has 0 spiro atoms. The van der Waals surface area contributed by atoms with Crippen LogP contribution in [0.4, 0.5) is 5.69 Å². The number of nitrogens with zero attached hydrogens (tertiary/aromatic N) is 3. The first-order valence-corrected chi connectivity index (χ1v) is 13.4. The summed E-state index contributed by atoms with van der Waals surface area (Å²) in [5.74, 6) is 2.70. The zero-order valence-corrected chi connectivity index (χ0v) is 20.9. The smallest absolute Gasteiger partial charge is 0.231 e. The Bertz CT molecular complexity index is 1160. The molecule has 0 aliphatic carbocycles. The number of hydrogen-bond donors (Lipinski definition) is 0. The molecule has 3 heterocycles. The Balaban J connectivity index is 1.24. The molecule has 1 atom stereocenters. The van der Waals surface area contributed by atoms with Crippen molar-refractivity contribution in [2.24, 2.45) is 0 Å². The molecule has 2 aromatic carbocycles. The number of benzene rings is 2. The number of ether oxygens (including phenoxy) is 2. The monoisotopic (exact) mass is 475 g/mol. The lowest BCUT2D eigenvalue weighted by Crippen LogP contribution is -2.24. The van der Waals surface area contributed by atoms with Gasteiger partial charge in [0.2, 0.25) is 12.7 Å². The maximum atomic E-state index is 13.0. The highest BCUT2D eigenvalue weighted by Gasteiger charge is 2.35. The van der Waals surface area contributed by atoms with E-state index < -0.39 is 0 Å². The Morgan fingerprint density at radius 2 is 1.66 bits per heavy atom. The summed E-state index contributed by atoms with van der Waals surface area (Å²) in [6.07, 6.45) is 12.3. The van der Waals surface area contributed by atoms with Gasteiger partial charge in [-0.2, -0.15) is 0 Å². The summed E-state index contributed by atoms with van der Waals surface area (Å²) < 4.78 is 13.3. The average Bonchev–Trinajstić information content (AvgIpc) is 3.59. The SMILES string of the molecule is CCCCCCCCCCCn1c(C2CC(=O)N(c3ccc4c(c3)OCO4)C2)nc2ccccc21. The highest BCUT2D eigenvalue weighted by atomic mass is 16.7. The summed E-state index contributed by atoms with van der Waals surface area (Å²) >= 11 is 0. The van der Waals surface area contributed by atoms with Crippen molar-refractivity contribution in [3.63, 3.8) is 0 Å². The topological polar surface area (TPSA) is 56.6 Å². The van der Waals surface area contributed by atoms with Gasteiger partial charge in [-0.1, -0.05) is 70.4 Å². The highest BCUT2D eigenvalue weighted by molar-refractivity contribution is 5.97. The molecule has 0 saturated carbocycles. The minimum Gasteiger partial charge on any atom is -0.454 e. The van der Waals surface area contributed by atoms with Crippen LogP contribution in [-0.4, -0.2) is 28.8 Å². The van der Waals surface area contributed by atoms with Crippen LogP contribution in [0.2, 0.25) is 0 Å². The van der Waals surface area contributed by atoms with Crippen LogP contribution < -0.4 is 14.4 Å². The molecule has 0 bridgehead atoms. The molecule has 0 N–H and O–H groups in total. The lowest BCUT2D eigenvalue weighted by atomic mass is 10.1. The molecule has 6 heteroatoms. The molecule has 1 fully saturated rings. The molecule has 2 aliphatic rings. The molecular weight excluding hydrogens is 438 g/mol. The lowest BCUT2D eigenvalue weighted by molar-refractivity contribution is -0.117. The summed E-state index contributed by atoms with van der Waals surface area (Å²) in [4.78, 5) is 19.9. The van der Waals surface area contributed by atoms with Crippen molar-refractivity contribution in [1.29, 1.82) is 0 Å². The minimum absolute atomic E-state index is 0.0823. The van der Waals surface area contributed by atoms with Gasteiger partial charge in [-0.15, -0.1) is 0 Å². The largest absolute Gasteiger partial charge is 0.454 e. The summed E-state index contributed by atoms with van der Waals surface area (Å²) in [5.41, 5.74) is 3.06. The number of hydrogen-bond acceptors (Lipinski definition) is 4. The van der Waals surface area contributed by atoms with E-state index in [0.717, 1.165) is 35.7 Å². The van der Waals surface area contributed by atoms with Crippen molar-refractivity contribution >= 4 is 22.6 Å². The third-order valence-electron chi connectivity index (χ3n) is 7.33. The zero-order valence-electron chi connectivity index (χ0n) is 20.9. The fourth-order valence-corrected chi connectivity index (χ4v) is 5.40. The number of imidazole rings is 1. The second-order valence-electron chi connectivity index (χ2n) is 9.88. The number of aromatic nitrogens is 2. The van der Waals surface area contributed by atoms with Crippen LogP contribution in [0.1, 0.15) is 82.9 Å². The number of fused-ring (bicyclic) bond motifs is 2. The Morgan fingerprint density at radius 3 is 2.49 bits per heavy atom. The van der Waals surface area contributed by atoms with E-state index in [9.17, 15) is 4.79 Å². The number of amides is 1. The Kier molecular flexibility index (Phi) is 7.55. The van der Waals surface area contributed by atoms with Crippen LogP contribution in [0.5, 0.6) is 11.5 Å². The number of rotatable bonds is 12. The van der Waals surface area contributed by atoms with Gasteiger partial charge in [-0.3, -0.25) is 4.79 Å². The fraction of sp³-hybridized carbons (Fsp3) is 0.517. The molecule has 0 radical (unpaired) electrons. The van der Waals surface area contributed by atoms with Gasteiger partial charge in [0, 0.05) is 37.2 Å². The van der Waals surface area contributed by atoms with Crippen molar-refractivity contribution in [3.05, 3.63) is 48.3 Å². The zero-order chi connectivity index (χ0) is 24.0. The summed E-state index contributed by atoms with van der Waals surface area (Å²) in [5, 5.41) is 0. The second kappa shape index (κ2) is 11.1. The number of carbonyl (C=O) groups excluding carboxylic acids is 1. The van der Waals surface area contributed by atoms with Crippen LogP contribution in [0.15, 0.2) is 42.5 Å². The van der Waals surface area contributed by atoms with E-state index in [1.165, 1.54) is 56.9 Å². The third-order valence-corrected chi connectivity index (χ3v) is 7.33. The highest BCUT2D eigenvalue weighted by Crippen LogP contribution is 2.39. The van der Waals surface area contributed by atoms with Crippen LogP contribution in [0.3, 0.4) is 0 Å². The number of para-hydroxylation sites is 2. The lowest BCUT2D eigenvalue weighted by Gasteiger charge is -2.18. The van der Waals surface area contributed by atoms with Crippen LogP contribution >= 0.6 is 0 Å². The first-order chi connectivity index (χ1) is 17.2. The van der Waals surface area contributed by atoms with Gasteiger partial charge in [-0.25, -0.2) is 4.98 Å². The van der Waals surface area contributed by atoms with E-state index in [1.807, 2.05) is 29.2 Å².